The molecular weight excluding hydrogens is 168 g/mol. The molecule has 0 spiro atoms. The van der Waals surface area contributed by atoms with Crippen LogP contribution in [0, 0.1) is 0 Å². The molecule has 0 aliphatic rings. The third kappa shape index (κ3) is 7.25. The van der Waals surface area contributed by atoms with Gasteiger partial charge in [-0.2, -0.15) is 0 Å². The highest BCUT2D eigenvalue weighted by molar-refractivity contribution is 5.95. The van der Waals surface area contributed by atoms with Gasteiger partial charge in [0, 0.05) is 6.42 Å². The summed E-state index contributed by atoms with van der Waals surface area (Å²) in [7, 11) is 1.28. The third-order valence-corrected chi connectivity index (χ3v) is 1.54. The SMILES string of the molecule is COC(=O)CC(=O)CCC=C(C)C. The Balaban J connectivity index is 3.64. The van der Waals surface area contributed by atoms with Gasteiger partial charge in [-0.05, 0) is 20.3 Å². The second kappa shape index (κ2) is 6.40. The van der Waals surface area contributed by atoms with E-state index >= 15 is 0 Å². The van der Waals surface area contributed by atoms with Crippen molar-refractivity contribution in [3.05, 3.63) is 11.6 Å². The van der Waals surface area contributed by atoms with E-state index in [-0.39, 0.29) is 12.2 Å². The van der Waals surface area contributed by atoms with Crippen molar-refractivity contribution in [2.24, 2.45) is 0 Å². The molecule has 0 N–H and O–H groups in total. The molecule has 13 heavy (non-hydrogen) atoms. The van der Waals surface area contributed by atoms with Crippen LogP contribution >= 0.6 is 0 Å². The van der Waals surface area contributed by atoms with Crippen molar-refractivity contribution >= 4 is 11.8 Å². The molecule has 3 heteroatoms. The Morgan fingerprint density at radius 3 is 2.38 bits per heavy atom. The van der Waals surface area contributed by atoms with Crippen LogP contribution in [0.4, 0.5) is 0 Å². The van der Waals surface area contributed by atoms with Gasteiger partial charge in [0.2, 0.25) is 0 Å². The van der Waals surface area contributed by atoms with Gasteiger partial charge in [0.25, 0.3) is 0 Å². The molecule has 0 saturated carbocycles. The Morgan fingerprint density at radius 2 is 1.92 bits per heavy atom. The predicted molar refractivity (Wildman–Crippen MR) is 50.3 cm³/mol. The van der Waals surface area contributed by atoms with Crippen molar-refractivity contribution in [2.45, 2.75) is 33.1 Å². The van der Waals surface area contributed by atoms with E-state index in [0.29, 0.717) is 12.8 Å². The molecule has 0 heterocycles. The standard InChI is InChI=1S/C10H16O3/c1-8(2)5-4-6-9(11)7-10(12)13-3/h5H,4,6-7H2,1-3H3. The second-order valence-corrected chi connectivity index (χ2v) is 3.11. The van der Waals surface area contributed by atoms with E-state index in [1.165, 1.54) is 12.7 Å². The van der Waals surface area contributed by atoms with Crippen molar-refractivity contribution in [3.8, 4) is 0 Å². The summed E-state index contributed by atoms with van der Waals surface area (Å²) >= 11 is 0. The highest BCUT2D eigenvalue weighted by Gasteiger charge is 2.07. The minimum atomic E-state index is -0.456. The minimum absolute atomic E-state index is 0.0654. The molecule has 0 aromatic heterocycles. The lowest BCUT2D eigenvalue weighted by atomic mass is 10.1. The largest absolute Gasteiger partial charge is 0.469 e. The van der Waals surface area contributed by atoms with Gasteiger partial charge in [-0.1, -0.05) is 11.6 Å². The maximum Gasteiger partial charge on any atom is 0.313 e. The van der Waals surface area contributed by atoms with Crippen molar-refractivity contribution in [1.29, 1.82) is 0 Å². The Hall–Kier alpha value is -1.12. The van der Waals surface area contributed by atoms with Gasteiger partial charge in [0.05, 0.1) is 7.11 Å². The molecule has 0 bridgehead atoms. The molecule has 0 amide bonds. The summed E-state index contributed by atoms with van der Waals surface area (Å²) in [5.74, 6) is -0.522. The molecule has 0 aliphatic carbocycles. The Morgan fingerprint density at radius 1 is 1.31 bits per heavy atom. The fourth-order valence-electron chi connectivity index (χ4n) is 0.843. The van der Waals surface area contributed by atoms with E-state index < -0.39 is 5.97 Å². The summed E-state index contributed by atoms with van der Waals surface area (Å²) in [6.07, 6.45) is 3.00. The van der Waals surface area contributed by atoms with E-state index in [1.54, 1.807) is 0 Å². The quantitative estimate of drug-likeness (QED) is 0.372. The highest BCUT2D eigenvalue weighted by Crippen LogP contribution is 2.00. The number of hydrogen-bond acceptors (Lipinski definition) is 3. The van der Waals surface area contributed by atoms with Crippen LogP contribution in [0.5, 0.6) is 0 Å². The van der Waals surface area contributed by atoms with Crippen molar-refractivity contribution in [3.63, 3.8) is 0 Å². The predicted octanol–water partition coefficient (Wildman–Crippen LogP) is 1.86. The van der Waals surface area contributed by atoms with E-state index in [9.17, 15) is 9.59 Å². The normalized spacial score (nSPS) is 9.15. The molecule has 0 aromatic carbocycles. The highest BCUT2D eigenvalue weighted by atomic mass is 16.5. The average Bonchev–Trinajstić information content (AvgIpc) is 2.03. The van der Waals surface area contributed by atoms with Crippen LogP contribution in [0.1, 0.15) is 33.1 Å². The molecule has 0 rings (SSSR count). The van der Waals surface area contributed by atoms with Gasteiger partial charge < -0.3 is 4.74 Å². The molecule has 0 radical (unpaired) electrons. The van der Waals surface area contributed by atoms with Crippen LogP contribution in [0.3, 0.4) is 0 Å². The van der Waals surface area contributed by atoms with Gasteiger partial charge in [0.15, 0.2) is 0 Å². The molecule has 3 nitrogen and oxygen atoms in total. The fourth-order valence-corrected chi connectivity index (χ4v) is 0.843. The summed E-state index contributed by atoms with van der Waals surface area (Å²) in [5, 5.41) is 0. The summed E-state index contributed by atoms with van der Waals surface area (Å²) in [4.78, 5) is 21.7. The Kier molecular flexibility index (Phi) is 5.85. The number of allylic oxidation sites excluding steroid dienone is 2. The molecule has 0 aromatic rings. The van der Waals surface area contributed by atoms with Gasteiger partial charge in [0.1, 0.15) is 12.2 Å². The van der Waals surface area contributed by atoms with Gasteiger partial charge in [-0.25, -0.2) is 0 Å². The van der Waals surface area contributed by atoms with Gasteiger partial charge >= 0.3 is 5.97 Å². The number of hydrogen-bond donors (Lipinski definition) is 0. The van der Waals surface area contributed by atoms with E-state index in [0.717, 1.165) is 0 Å². The van der Waals surface area contributed by atoms with Crippen LogP contribution in [0.15, 0.2) is 11.6 Å². The first-order chi connectivity index (χ1) is 6.06. The zero-order chi connectivity index (χ0) is 10.3. The van der Waals surface area contributed by atoms with Crippen LogP contribution < -0.4 is 0 Å². The first-order valence-electron chi connectivity index (χ1n) is 4.28. The van der Waals surface area contributed by atoms with E-state index in [1.807, 2.05) is 19.9 Å². The number of ether oxygens (including phenoxy) is 1. The number of carbonyl (C=O) groups is 2. The lowest BCUT2D eigenvalue weighted by molar-refractivity contribution is -0.143. The van der Waals surface area contributed by atoms with Crippen molar-refractivity contribution < 1.29 is 14.3 Å². The lowest BCUT2D eigenvalue weighted by Crippen LogP contribution is -2.08. The molecular formula is C10H16O3. The second-order valence-electron chi connectivity index (χ2n) is 3.11. The van der Waals surface area contributed by atoms with Crippen LogP contribution in [0.25, 0.3) is 0 Å². The Bertz CT molecular complexity index is 212. The molecule has 0 saturated heterocycles. The summed E-state index contributed by atoms with van der Waals surface area (Å²) in [5.41, 5.74) is 1.19. The maximum atomic E-state index is 11.1. The summed E-state index contributed by atoms with van der Waals surface area (Å²) in [6, 6.07) is 0. The van der Waals surface area contributed by atoms with Crippen LogP contribution in [-0.2, 0) is 14.3 Å². The molecule has 0 aliphatic heterocycles. The zero-order valence-electron chi connectivity index (χ0n) is 8.42. The monoisotopic (exact) mass is 184 g/mol. The average molecular weight is 184 g/mol. The molecule has 74 valence electrons. The first-order valence-corrected chi connectivity index (χ1v) is 4.28. The van der Waals surface area contributed by atoms with Crippen molar-refractivity contribution in [2.75, 3.05) is 7.11 Å². The lowest BCUT2D eigenvalue weighted by Gasteiger charge is -1.97. The number of esters is 1. The smallest absolute Gasteiger partial charge is 0.313 e. The van der Waals surface area contributed by atoms with Crippen molar-refractivity contribution in [1.82, 2.24) is 0 Å². The number of methoxy groups -OCH3 is 1. The number of rotatable bonds is 5. The van der Waals surface area contributed by atoms with E-state index in [2.05, 4.69) is 4.74 Å². The topological polar surface area (TPSA) is 43.4 Å². The van der Waals surface area contributed by atoms with Gasteiger partial charge in [-0.3, -0.25) is 9.59 Å². The fraction of sp³-hybridized carbons (Fsp3) is 0.600. The maximum absolute atomic E-state index is 11.1. The third-order valence-electron chi connectivity index (χ3n) is 1.54. The summed E-state index contributed by atoms with van der Waals surface area (Å²) in [6.45, 7) is 3.95. The first kappa shape index (κ1) is 11.9. The number of ketones is 1. The molecule has 0 unspecified atom stereocenters. The zero-order valence-corrected chi connectivity index (χ0v) is 8.42. The van der Waals surface area contributed by atoms with Crippen LogP contribution in [-0.4, -0.2) is 18.9 Å². The number of carbonyl (C=O) groups excluding carboxylic acids is 2. The Labute approximate surface area is 78.8 Å². The molecule has 0 atom stereocenters. The van der Waals surface area contributed by atoms with Crippen LogP contribution in [0.2, 0.25) is 0 Å². The minimum Gasteiger partial charge on any atom is -0.469 e. The van der Waals surface area contributed by atoms with Gasteiger partial charge in [-0.15, -0.1) is 0 Å². The van der Waals surface area contributed by atoms with E-state index in [4.69, 9.17) is 0 Å². The molecule has 0 fully saturated rings. The number of Topliss-reactive ketones (excluding diaryl/α,β-unsaturated/α-hetero) is 1. The summed E-state index contributed by atoms with van der Waals surface area (Å²) < 4.78 is 4.37.